The van der Waals surface area contributed by atoms with E-state index in [0.29, 0.717) is 6.73 Å². The molecule has 3 aromatic rings. The van der Waals surface area contributed by atoms with E-state index in [1.165, 1.54) is 5.56 Å². The van der Waals surface area contributed by atoms with Gasteiger partial charge in [0.2, 0.25) is 0 Å². The van der Waals surface area contributed by atoms with Gasteiger partial charge in [-0.15, -0.1) is 0 Å². The fourth-order valence-electron chi connectivity index (χ4n) is 2.87. The smallest absolute Gasteiger partial charge is 0.147 e. The average molecular weight is 387 g/mol. The largest absolute Gasteiger partial charge is 0.360 e. The second-order valence-electron chi connectivity index (χ2n) is 6.02. The molecule has 0 atom stereocenters. The van der Waals surface area contributed by atoms with Gasteiger partial charge in [-0.25, -0.2) is 9.97 Å². The summed E-state index contributed by atoms with van der Waals surface area (Å²) in [4.78, 5) is 11.2. The zero-order valence-corrected chi connectivity index (χ0v) is 17.8. The Morgan fingerprint density at radius 1 is 1.15 bits per heavy atom. The quantitative estimate of drug-likeness (QED) is 0.523. The highest BCUT2D eigenvalue weighted by Gasteiger charge is 2.14. The fraction of sp³-hybridized carbons (Fsp3) is 0.429. The van der Waals surface area contributed by atoms with Gasteiger partial charge in [-0.1, -0.05) is 44.2 Å². The first-order chi connectivity index (χ1) is 13.2. The molecule has 6 heteroatoms. The van der Waals surface area contributed by atoms with E-state index in [0.717, 1.165) is 41.4 Å². The molecule has 2 aromatic heterocycles. The van der Waals surface area contributed by atoms with E-state index in [4.69, 9.17) is 4.74 Å². The molecule has 0 fully saturated rings. The van der Waals surface area contributed by atoms with Crippen molar-refractivity contribution in [2.24, 2.45) is 0 Å². The first-order valence-electron chi connectivity index (χ1n) is 9.33. The Bertz CT molecular complexity index is 820. The minimum Gasteiger partial charge on any atom is -0.360 e. The number of anilines is 1. The van der Waals surface area contributed by atoms with E-state index in [2.05, 4.69) is 70.0 Å². The second kappa shape index (κ2) is 10.9. The van der Waals surface area contributed by atoms with Crippen LogP contribution in [0.15, 0.2) is 42.7 Å². The number of fused-ring (bicyclic) bond motifs is 1. The molecule has 0 saturated carbocycles. The number of aryl methyl sites for hydroxylation is 1. The molecule has 0 spiro atoms. The minimum atomic E-state index is 0.523. The molecule has 0 aliphatic carbocycles. The Labute approximate surface area is 166 Å². The van der Waals surface area contributed by atoms with Crippen LogP contribution in [-0.2, 0) is 18.0 Å². The van der Waals surface area contributed by atoms with Crippen LogP contribution in [0.4, 0.5) is 5.82 Å². The third-order valence-electron chi connectivity index (χ3n) is 4.15. The zero-order valence-electron chi connectivity index (χ0n) is 17.0. The highest BCUT2D eigenvalue weighted by molar-refractivity contribution is 7.98. The van der Waals surface area contributed by atoms with Crippen molar-refractivity contribution in [3.63, 3.8) is 0 Å². The van der Waals surface area contributed by atoms with Gasteiger partial charge >= 0.3 is 0 Å². The molecule has 0 aliphatic heterocycles. The Hall–Kier alpha value is -2.05. The van der Waals surface area contributed by atoms with Gasteiger partial charge in [0, 0.05) is 25.0 Å². The normalized spacial score (nSPS) is 10.6. The van der Waals surface area contributed by atoms with Crippen LogP contribution in [0.2, 0.25) is 0 Å². The number of rotatable bonds is 8. The van der Waals surface area contributed by atoms with E-state index in [1.807, 2.05) is 19.9 Å². The number of hydrogen-bond acceptors (Lipinski definition) is 5. The standard InChI is InChI=1S/C19H24N4OS.C2H6/c1-15-11-17-18(22(2)12-16-7-5-4-6-8-16)20-13-21-19(17)23(15)14-24-9-10-25-3;1-2/h4-8,11,13H,9-10,12,14H2,1-3H3;1-2H3. The molecule has 0 amide bonds. The van der Waals surface area contributed by atoms with Gasteiger partial charge in [0.1, 0.15) is 24.5 Å². The number of hydrogen-bond donors (Lipinski definition) is 0. The molecule has 146 valence electrons. The summed E-state index contributed by atoms with van der Waals surface area (Å²) in [5.41, 5.74) is 3.31. The molecule has 0 radical (unpaired) electrons. The molecule has 0 unspecified atom stereocenters. The summed E-state index contributed by atoms with van der Waals surface area (Å²) in [6.07, 6.45) is 3.72. The van der Waals surface area contributed by atoms with Crippen molar-refractivity contribution >= 4 is 28.6 Å². The Morgan fingerprint density at radius 2 is 1.89 bits per heavy atom. The number of aromatic nitrogens is 3. The van der Waals surface area contributed by atoms with Gasteiger partial charge in [-0.3, -0.25) is 0 Å². The van der Waals surface area contributed by atoms with Crippen molar-refractivity contribution in [1.29, 1.82) is 0 Å². The lowest BCUT2D eigenvalue weighted by molar-refractivity contribution is 0.0914. The fourth-order valence-corrected chi connectivity index (χ4v) is 3.16. The van der Waals surface area contributed by atoms with Gasteiger partial charge in [0.15, 0.2) is 0 Å². The second-order valence-corrected chi connectivity index (χ2v) is 7.01. The van der Waals surface area contributed by atoms with Crippen molar-refractivity contribution < 1.29 is 4.74 Å². The lowest BCUT2D eigenvalue weighted by atomic mass is 10.2. The highest BCUT2D eigenvalue weighted by atomic mass is 32.2. The predicted octanol–water partition coefficient (Wildman–Crippen LogP) is 4.74. The van der Waals surface area contributed by atoms with Gasteiger partial charge in [-0.05, 0) is 24.8 Å². The molecular weight excluding hydrogens is 356 g/mol. The van der Waals surface area contributed by atoms with Crippen molar-refractivity contribution in [1.82, 2.24) is 14.5 Å². The Kier molecular flexibility index (Phi) is 8.61. The summed E-state index contributed by atoms with van der Waals surface area (Å²) in [7, 11) is 2.07. The van der Waals surface area contributed by atoms with Crippen LogP contribution in [0.5, 0.6) is 0 Å². The van der Waals surface area contributed by atoms with Crippen molar-refractivity contribution in [2.75, 3.05) is 30.6 Å². The molecular formula is C21H30N4OS. The van der Waals surface area contributed by atoms with Crippen molar-refractivity contribution in [3.05, 3.63) is 54.0 Å². The van der Waals surface area contributed by atoms with Crippen LogP contribution in [0, 0.1) is 6.92 Å². The zero-order chi connectivity index (χ0) is 19.6. The summed E-state index contributed by atoms with van der Waals surface area (Å²) in [6.45, 7) is 8.16. The van der Waals surface area contributed by atoms with Crippen LogP contribution in [0.25, 0.3) is 11.0 Å². The third kappa shape index (κ3) is 5.47. The van der Waals surface area contributed by atoms with Crippen LogP contribution >= 0.6 is 11.8 Å². The van der Waals surface area contributed by atoms with Crippen LogP contribution in [0.1, 0.15) is 25.1 Å². The molecule has 0 aliphatic rings. The van der Waals surface area contributed by atoms with Crippen LogP contribution < -0.4 is 4.90 Å². The van der Waals surface area contributed by atoms with E-state index in [1.54, 1.807) is 18.1 Å². The minimum absolute atomic E-state index is 0.523. The number of thioether (sulfide) groups is 1. The molecule has 1 aromatic carbocycles. The van der Waals surface area contributed by atoms with Crippen LogP contribution in [0.3, 0.4) is 0 Å². The summed E-state index contributed by atoms with van der Waals surface area (Å²) in [5, 5.41) is 1.06. The maximum atomic E-state index is 5.77. The molecule has 0 N–H and O–H groups in total. The van der Waals surface area contributed by atoms with E-state index >= 15 is 0 Å². The first-order valence-corrected chi connectivity index (χ1v) is 10.7. The number of benzene rings is 1. The average Bonchev–Trinajstić information content (AvgIpc) is 3.03. The van der Waals surface area contributed by atoms with E-state index in [9.17, 15) is 0 Å². The van der Waals surface area contributed by atoms with Crippen LogP contribution in [-0.4, -0.2) is 40.2 Å². The van der Waals surface area contributed by atoms with E-state index < -0.39 is 0 Å². The molecule has 27 heavy (non-hydrogen) atoms. The van der Waals surface area contributed by atoms with Gasteiger partial charge in [-0.2, -0.15) is 11.8 Å². The van der Waals surface area contributed by atoms with Gasteiger partial charge in [0.25, 0.3) is 0 Å². The number of nitrogens with zero attached hydrogens (tertiary/aromatic N) is 4. The highest BCUT2D eigenvalue weighted by Crippen LogP contribution is 2.26. The lowest BCUT2D eigenvalue weighted by Gasteiger charge is -2.19. The molecule has 2 heterocycles. The van der Waals surface area contributed by atoms with Crippen molar-refractivity contribution in [2.45, 2.75) is 34.0 Å². The molecule has 5 nitrogen and oxygen atoms in total. The maximum Gasteiger partial charge on any atom is 0.147 e. The number of ether oxygens (including phenoxy) is 1. The SMILES string of the molecule is CC.CSCCOCn1c(C)cc2c(N(C)Cc3ccccc3)ncnc21. The first kappa shape index (κ1) is 21.3. The molecule has 3 rings (SSSR count). The monoisotopic (exact) mass is 386 g/mol. The maximum absolute atomic E-state index is 5.77. The summed E-state index contributed by atoms with van der Waals surface area (Å²) in [5.74, 6) is 1.94. The summed E-state index contributed by atoms with van der Waals surface area (Å²) >= 11 is 1.79. The van der Waals surface area contributed by atoms with E-state index in [-0.39, 0.29) is 0 Å². The van der Waals surface area contributed by atoms with Gasteiger partial charge in [0.05, 0.1) is 12.0 Å². The molecule has 0 bridgehead atoms. The topological polar surface area (TPSA) is 43.2 Å². The third-order valence-corrected chi connectivity index (χ3v) is 4.73. The van der Waals surface area contributed by atoms with Gasteiger partial charge < -0.3 is 14.2 Å². The Balaban J connectivity index is 0.00000126. The van der Waals surface area contributed by atoms with Crippen molar-refractivity contribution in [3.8, 4) is 0 Å². The lowest BCUT2D eigenvalue weighted by Crippen LogP contribution is -2.18. The summed E-state index contributed by atoms with van der Waals surface area (Å²) in [6, 6.07) is 12.6. The predicted molar refractivity (Wildman–Crippen MR) is 116 cm³/mol. The summed E-state index contributed by atoms with van der Waals surface area (Å²) < 4.78 is 7.88. The molecule has 0 saturated heterocycles. The Morgan fingerprint density at radius 3 is 2.59 bits per heavy atom.